The predicted octanol–water partition coefficient (Wildman–Crippen LogP) is 6.30. The molecule has 0 N–H and O–H groups in total. The van der Waals surface area contributed by atoms with Gasteiger partial charge in [0, 0.05) is 30.2 Å². The van der Waals surface area contributed by atoms with Gasteiger partial charge >= 0.3 is 0 Å². The number of thioether (sulfide) groups is 1. The van der Waals surface area contributed by atoms with Gasteiger partial charge < -0.3 is 4.57 Å². The molecule has 162 valence electrons. The number of rotatable bonds is 6. The van der Waals surface area contributed by atoms with Gasteiger partial charge in [0.2, 0.25) is 0 Å². The second-order valence-electron chi connectivity index (χ2n) is 10.4. The molecule has 0 saturated heterocycles. The van der Waals surface area contributed by atoms with Gasteiger partial charge in [0.25, 0.3) is 0 Å². The first-order valence-corrected chi connectivity index (χ1v) is 13.4. The van der Waals surface area contributed by atoms with Crippen molar-refractivity contribution in [1.82, 2.24) is 19.7 Å². The summed E-state index contributed by atoms with van der Waals surface area (Å²) in [6, 6.07) is 8.58. The maximum Gasteiger partial charge on any atom is 0.191 e. The van der Waals surface area contributed by atoms with Crippen LogP contribution in [-0.2, 0) is 19.2 Å². The minimum Gasteiger partial charge on any atom is -0.309 e. The van der Waals surface area contributed by atoms with Crippen LogP contribution in [0, 0.1) is 30.1 Å². The molecule has 0 unspecified atom stereocenters. The van der Waals surface area contributed by atoms with Crippen LogP contribution >= 0.6 is 23.1 Å². The standard InChI is InChI=1S/C25H30N4S2/c1-16-4-3-5-20(6-16)23-26-21(14-30-23)15-31-24-28-27-22(29(24)2)13-25-10-17-7-18(11-25)9-19(8-17)12-25/h3-6,14,17-19H,7-13,15H2,1-2H3. The van der Waals surface area contributed by atoms with Crippen molar-refractivity contribution in [3.63, 3.8) is 0 Å². The molecule has 2 aromatic heterocycles. The third kappa shape index (κ3) is 3.86. The first-order chi connectivity index (χ1) is 15.1. The molecule has 2 heterocycles. The van der Waals surface area contributed by atoms with Crippen LogP contribution in [0.25, 0.3) is 10.6 Å². The quantitative estimate of drug-likeness (QED) is 0.414. The Bertz CT molecular complexity index is 1060. The zero-order valence-corrected chi connectivity index (χ0v) is 20.0. The van der Waals surface area contributed by atoms with Crippen molar-refractivity contribution in [2.45, 2.75) is 62.8 Å². The van der Waals surface area contributed by atoms with E-state index in [1.807, 2.05) is 0 Å². The third-order valence-electron chi connectivity index (χ3n) is 7.79. The van der Waals surface area contributed by atoms with Gasteiger partial charge in [0.15, 0.2) is 5.16 Å². The van der Waals surface area contributed by atoms with Crippen LogP contribution in [-0.4, -0.2) is 19.7 Å². The monoisotopic (exact) mass is 450 g/mol. The van der Waals surface area contributed by atoms with Crippen molar-refractivity contribution in [3.05, 3.63) is 46.7 Å². The van der Waals surface area contributed by atoms with Gasteiger partial charge in [-0.1, -0.05) is 35.5 Å². The van der Waals surface area contributed by atoms with Gasteiger partial charge in [-0.15, -0.1) is 21.5 Å². The Morgan fingerprint density at radius 3 is 2.55 bits per heavy atom. The summed E-state index contributed by atoms with van der Waals surface area (Å²) < 4.78 is 2.25. The summed E-state index contributed by atoms with van der Waals surface area (Å²) in [5, 5.41) is 13.5. The summed E-state index contributed by atoms with van der Waals surface area (Å²) in [6.07, 6.45) is 9.89. The highest BCUT2D eigenvalue weighted by Gasteiger charge is 2.51. The van der Waals surface area contributed by atoms with E-state index >= 15 is 0 Å². The van der Waals surface area contributed by atoms with Crippen LogP contribution < -0.4 is 0 Å². The molecule has 4 nitrogen and oxygen atoms in total. The molecule has 1 aromatic carbocycles. The topological polar surface area (TPSA) is 43.6 Å². The van der Waals surface area contributed by atoms with E-state index in [1.54, 1.807) is 23.1 Å². The Morgan fingerprint density at radius 2 is 1.84 bits per heavy atom. The summed E-state index contributed by atoms with van der Waals surface area (Å²) in [6.45, 7) is 2.13. The molecule has 4 aliphatic rings. The lowest BCUT2D eigenvalue weighted by Crippen LogP contribution is -2.47. The molecule has 3 aromatic rings. The summed E-state index contributed by atoms with van der Waals surface area (Å²) in [7, 11) is 2.15. The van der Waals surface area contributed by atoms with Gasteiger partial charge in [0.05, 0.1) is 5.69 Å². The predicted molar refractivity (Wildman–Crippen MR) is 127 cm³/mol. The highest BCUT2D eigenvalue weighted by Crippen LogP contribution is 2.61. The van der Waals surface area contributed by atoms with E-state index in [2.05, 4.69) is 58.4 Å². The van der Waals surface area contributed by atoms with Crippen LogP contribution in [0.15, 0.2) is 34.8 Å². The van der Waals surface area contributed by atoms with Crippen LogP contribution in [0.4, 0.5) is 0 Å². The number of aryl methyl sites for hydroxylation is 1. The summed E-state index contributed by atoms with van der Waals surface area (Å²) in [4.78, 5) is 4.86. The maximum atomic E-state index is 4.86. The second-order valence-corrected chi connectivity index (χ2v) is 12.2. The molecule has 0 spiro atoms. The lowest BCUT2D eigenvalue weighted by Gasteiger charge is -2.56. The summed E-state index contributed by atoms with van der Waals surface area (Å²) >= 11 is 3.48. The average molecular weight is 451 g/mol. The third-order valence-corrected chi connectivity index (χ3v) is 9.78. The normalized spacial score (nSPS) is 29.0. The fraction of sp³-hybridized carbons (Fsp3) is 0.560. The Balaban J connectivity index is 1.13. The number of benzene rings is 1. The second kappa shape index (κ2) is 7.73. The lowest BCUT2D eigenvalue weighted by molar-refractivity contribution is -0.0535. The number of hydrogen-bond acceptors (Lipinski definition) is 5. The minimum atomic E-state index is 0.509. The molecule has 4 bridgehead atoms. The molecule has 4 aliphatic carbocycles. The van der Waals surface area contributed by atoms with E-state index < -0.39 is 0 Å². The van der Waals surface area contributed by atoms with E-state index in [-0.39, 0.29) is 0 Å². The number of hydrogen-bond donors (Lipinski definition) is 0. The number of aromatic nitrogens is 4. The highest BCUT2D eigenvalue weighted by atomic mass is 32.2. The number of thiazole rings is 1. The number of nitrogens with zero attached hydrogens (tertiary/aromatic N) is 4. The fourth-order valence-electron chi connectivity index (χ4n) is 6.89. The van der Waals surface area contributed by atoms with Gasteiger partial charge in [-0.3, -0.25) is 0 Å². The van der Waals surface area contributed by atoms with E-state index in [0.717, 1.165) is 45.8 Å². The van der Waals surface area contributed by atoms with Crippen molar-refractivity contribution < 1.29 is 0 Å². The molecule has 6 heteroatoms. The van der Waals surface area contributed by atoms with Gasteiger partial charge in [-0.05, 0) is 74.7 Å². The van der Waals surface area contributed by atoms with Crippen molar-refractivity contribution in [3.8, 4) is 10.6 Å². The fourth-order valence-corrected chi connectivity index (χ4v) is 8.63. The van der Waals surface area contributed by atoms with Crippen molar-refractivity contribution in [2.24, 2.45) is 30.2 Å². The molecule has 7 rings (SSSR count). The Hall–Kier alpha value is -1.66. The Kier molecular flexibility index (Phi) is 4.98. The summed E-state index contributed by atoms with van der Waals surface area (Å²) in [5.41, 5.74) is 4.11. The molecular formula is C25H30N4S2. The largest absolute Gasteiger partial charge is 0.309 e. The molecule has 4 fully saturated rings. The van der Waals surface area contributed by atoms with E-state index in [1.165, 1.54) is 55.5 Å². The Morgan fingerprint density at radius 1 is 1.10 bits per heavy atom. The first kappa shape index (κ1) is 20.0. The van der Waals surface area contributed by atoms with Gasteiger partial charge in [-0.25, -0.2) is 4.98 Å². The molecule has 31 heavy (non-hydrogen) atoms. The van der Waals surface area contributed by atoms with Crippen molar-refractivity contribution in [2.75, 3.05) is 0 Å². The smallest absolute Gasteiger partial charge is 0.191 e. The van der Waals surface area contributed by atoms with Crippen molar-refractivity contribution >= 4 is 23.1 Å². The van der Waals surface area contributed by atoms with E-state index in [9.17, 15) is 0 Å². The van der Waals surface area contributed by atoms with Crippen LogP contribution in [0.2, 0.25) is 0 Å². The van der Waals surface area contributed by atoms with Crippen LogP contribution in [0.3, 0.4) is 0 Å². The zero-order chi connectivity index (χ0) is 21.0. The molecule has 0 atom stereocenters. The molecule has 0 aliphatic heterocycles. The maximum absolute atomic E-state index is 4.86. The first-order valence-electron chi connectivity index (χ1n) is 11.6. The molecular weight excluding hydrogens is 420 g/mol. The van der Waals surface area contributed by atoms with E-state index in [4.69, 9.17) is 4.98 Å². The van der Waals surface area contributed by atoms with Gasteiger partial charge in [-0.2, -0.15) is 0 Å². The summed E-state index contributed by atoms with van der Waals surface area (Å²) in [5.74, 6) is 4.98. The van der Waals surface area contributed by atoms with Crippen LogP contribution in [0.5, 0.6) is 0 Å². The van der Waals surface area contributed by atoms with Crippen LogP contribution in [0.1, 0.15) is 55.6 Å². The molecule has 0 amide bonds. The minimum absolute atomic E-state index is 0.509. The molecule has 0 radical (unpaired) electrons. The molecule has 4 saturated carbocycles. The van der Waals surface area contributed by atoms with Gasteiger partial charge in [0.1, 0.15) is 10.8 Å². The zero-order valence-electron chi connectivity index (χ0n) is 18.4. The lowest BCUT2D eigenvalue weighted by atomic mass is 9.49. The van der Waals surface area contributed by atoms with E-state index in [0.29, 0.717) is 5.41 Å². The highest BCUT2D eigenvalue weighted by molar-refractivity contribution is 7.98. The average Bonchev–Trinajstić information content (AvgIpc) is 3.33. The van der Waals surface area contributed by atoms with Crippen molar-refractivity contribution in [1.29, 1.82) is 0 Å². The SMILES string of the molecule is Cc1cccc(-c2nc(CSc3nnc(CC45CC6CC(CC(C6)C4)C5)n3C)cs2)c1. The Labute approximate surface area is 192 Å².